The highest BCUT2D eigenvalue weighted by Crippen LogP contribution is 2.10. The van der Waals surface area contributed by atoms with Crippen LogP contribution >= 0.6 is 0 Å². The highest BCUT2D eigenvalue weighted by atomic mass is 19.1. The van der Waals surface area contributed by atoms with Gasteiger partial charge < -0.3 is 10.6 Å². The number of carbonyl (C=O) groups excluding carboxylic acids is 1. The monoisotopic (exact) mass is 315 g/mol. The van der Waals surface area contributed by atoms with E-state index in [9.17, 15) is 9.18 Å². The van der Waals surface area contributed by atoms with Gasteiger partial charge in [0.15, 0.2) is 0 Å². The normalized spacial score (nSPS) is 10.3. The largest absolute Gasteiger partial charge is 0.366 e. The summed E-state index contributed by atoms with van der Waals surface area (Å²) in [4.78, 5) is 16.1. The number of unbranched alkanes of at least 4 members (excludes halogenated alkanes) is 2. The minimum atomic E-state index is -0.247. The standard InChI is InChI=1S/C18H22FN3O/c1-2-3-6-11-20-18(23)15-9-10-17(22-13-15)21-12-14-7-4-5-8-16(14)19/h4-5,7-10,13H,2-3,6,11-12H2,1H3,(H,20,23)(H,21,22). The van der Waals surface area contributed by atoms with Gasteiger partial charge in [0.05, 0.1) is 5.56 Å². The number of benzene rings is 1. The molecule has 0 aliphatic rings. The molecule has 0 unspecified atom stereocenters. The third kappa shape index (κ3) is 5.36. The molecule has 5 heteroatoms. The van der Waals surface area contributed by atoms with Gasteiger partial charge in [-0.2, -0.15) is 0 Å². The summed E-state index contributed by atoms with van der Waals surface area (Å²) in [7, 11) is 0. The van der Waals surface area contributed by atoms with Crippen LogP contribution in [0.3, 0.4) is 0 Å². The highest BCUT2D eigenvalue weighted by molar-refractivity contribution is 5.94. The van der Waals surface area contributed by atoms with Gasteiger partial charge in [-0.3, -0.25) is 4.79 Å². The Morgan fingerprint density at radius 3 is 2.70 bits per heavy atom. The first-order chi connectivity index (χ1) is 11.2. The van der Waals surface area contributed by atoms with Gasteiger partial charge in [-0.05, 0) is 24.6 Å². The molecule has 1 amide bonds. The fraction of sp³-hybridized carbons (Fsp3) is 0.333. The van der Waals surface area contributed by atoms with Crippen LogP contribution in [0.1, 0.15) is 42.1 Å². The second-order valence-electron chi connectivity index (χ2n) is 5.34. The minimum absolute atomic E-state index is 0.116. The lowest BCUT2D eigenvalue weighted by Crippen LogP contribution is -2.24. The summed E-state index contributed by atoms with van der Waals surface area (Å²) < 4.78 is 13.5. The van der Waals surface area contributed by atoms with Crippen LogP contribution in [0, 0.1) is 5.82 Å². The molecule has 122 valence electrons. The molecule has 23 heavy (non-hydrogen) atoms. The number of nitrogens with one attached hydrogen (secondary N) is 2. The van der Waals surface area contributed by atoms with Gasteiger partial charge in [0.25, 0.3) is 5.91 Å². The van der Waals surface area contributed by atoms with E-state index in [1.165, 1.54) is 12.3 Å². The molecule has 2 rings (SSSR count). The zero-order valence-corrected chi connectivity index (χ0v) is 13.3. The van der Waals surface area contributed by atoms with E-state index in [0.29, 0.717) is 30.0 Å². The molecule has 1 aromatic heterocycles. The molecule has 0 radical (unpaired) electrons. The van der Waals surface area contributed by atoms with Crippen molar-refractivity contribution in [2.45, 2.75) is 32.7 Å². The Kier molecular flexibility index (Phi) is 6.54. The Labute approximate surface area is 136 Å². The van der Waals surface area contributed by atoms with Gasteiger partial charge in [-0.25, -0.2) is 9.37 Å². The number of hydrogen-bond acceptors (Lipinski definition) is 3. The van der Waals surface area contributed by atoms with E-state index in [1.807, 2.05) is 0 Å². The van der Waals surface area contributed by atoms with Gasteiger partial charge in [0.1, 0.15) is 11.6 Å². The number of anilines is 1. The van der Waals surface area contributed by atoms with Crippen LogP contribution < -0.4 is 10.6 Å². The number of hydrogen-bond donors (Lipinski definition) is 2. The number of pyridine rings is 1. The molecule has 1 heterocycles. The first kappa shape index (κ1) is 16.9. The summed E-state index contributed by atoms with van der Waals surface area (Å²) in [5, 5.41) is 5.91. The van der Waals surface area contributed by atoms with E-state index < -0.39 is 0 Å². The van der Waals surface area contributed by atoms with E-state index in [2.05, 4.69) is 22.5 Å². The molecular weight excluding hydrogens is 293 g/mol. The minimum Gasteiger partial charge on any atom is -0.366 e. The molecule has 0 bridgehead atoms. The molecule has 0 atom stereocenters. The lowest BCUT2D eigenvalue weighted by atomic mass is 10.2. The second kappa shape index (κ2) is 8.88. The number of rotatable bonds is 8. The number of aromatic nitrogens is 1. The Hall–Kier alpha value is -2.43. The van der Waals surface area contributed by atoms with Crippen molar-refractivity contribution in [3.8, 4) is 0 Å². The van der Waals surface area contributed by atoms with E-state index in [1.54, 1.807) is 30.3 Å². The fourth-order valence-electron chi connectivity index (χ4n) is 2.14. The van der Waals surface area contributed by atoms with Crippen molar-refractivity contribution in [3.63, 3.8) is 0 Å². The predicted molar refractivity (Wildman–Crippen MR) is 89.8 cm³/mol. The number of carbonyl (C=O) groups is 1. The summed E-state index contributed by atoms with van der Waals surface area (Å²) in [5.74, 6) is 0.244. The van der Waals surface area contributed by atoms with Crippen molar-refractivity contribution < 1.29 is 9.18 Å². The zero-order chi connectivity index (χ0) is 16.5. The first-order valence-electron chi connectivity index (χ1n) is 7.92. The van der Waals surface area contributed by atoms with Crippen LogP contribution in [0.2, 0.25) is 0 Å². The maximum absolute atomic E-state index is 13.5. The summed E-state index contributed by atoms with van der Waals surface area (Å²) >= 11 is 0. The van der Waals surface area contributed by atoms with Crippen molar-refractivity contribution in [2.75, 3.05) is 11.9 Å². The van der Waals surface area contributed by atoms with Gasteiger partial charge in [0.2, 0.25) is 0 Å². The molecular formula is C18H22FN3O. The van der Waals surface area contributed by atoms with Crippen LogP contribution in [0.15, 0.2) is 42.6 Å². The van der Waals surface area contributed by atoms with Crippen molar-refractivity contribution in [3.05, 3.63) is 59.5 Å². The fourth-order valence-corrected chi connectivity index (χ4v) is 2.14. The van der Waals surface area contributed by atoms with Gasteiger partial charge >= 0.3 is 0 Å². The molecule has 2 N–H and O–H groups in total. The van der Waals surface area contributed by atoms with E-state index in [-0.39, 0.29) is 11.7 Å². The topological polar surface area (TPSA) is 54.0 Å². The molecule has 4 nitrogen and oxygen atoms in total. The third-order valence-electron chi connectivity index (χ3n) is 3.51. The first-order valence-corrected chi connectivity index (χ1v) is 7.92. The number of nitrogens with zero attached hydrogens (tertiary/aromatic N) is 1. The number of amides is 1. The molecule has 2 aromatic rings. The summed E-state index contributed by atoms with van der Waals surface area (Å²) in [6, 6.07) is 10.0. The quantitative estimate of drug-likeness (QED) is 0.729. The Balaban J connectivity index is 1.84. The SMILES string of the molecule is CCCCCNC(=O)c1ccc(NCc2ccccc2F)nc1. The Morgan fingerprint density at radius 2 is 2.00 bits per heavy atom. The average molecular weight is 315 g/mol. The van der Waals surface area contributed by atoms with E-state index in [0.717, 1.165) is 19.3 Å². The molecule has 0 spiro atoms. The lowest BCUT2D eigenvalue weighted by molar-refractivity contribution is 0.0952. The van der Waals surface area contributed by atoms with Crippen LogP contribution in [0.5, 0.6) is 0 Å². The van der Waals surface area contributed by atoms with Crippen LogP contribution in [0.25, 0.3) is 0 Å². The van der Waals surface area contributed by atoms with Crippen molar-refractivity contribution in [1.29, 1.82) is 0 Å². The molecule has 0 aliphatic heterocycles. The maximum Gasteiger partial charge on any atom is 0.252 e. The van der Waals surface area contributed by atoms with Crippen LogP contribution in [-0.2, 0) is 6.54 Å². The molecule has 0 aliphatic carbocycles. The zero-order valence-electron chi connectivity index (χ0n) is 13.3. The van der Waals surface area contributed by atoms with Crippen molar-refractivity contribution in [2.24, 2.45) is 0 Å². The van der Waals surface area contributed by atoms with Crippen molar-refractivity contribution in [1.82, 2.24) is 10.3 Å². The van der Waals surface area contributed by atoms with Crippen LogP contribution in [-0.4, -0.2) is 17.4 Å². The van der Waals surface area contributed by atoms with E-state index in [4.69, 9.17) is 0 Å². The van der Waals surface area contributed by atoms with Gasteiger partial charge in [0, 0.05) is 24.8 Å². The average Bonchev–Trinajstić information content (AvgIpc) is 2.58. The summed E-state index contributed by atoms with van der Waals surface area (Å²) in [6.45, 7) is 3.15. The predicted octanol–water partition coefficient (Wildman–Crippen LogP) is 3.75. The Bertz CT molecular complexity index is 628. The van der Waals surface area contributed by atoms with Gasteiger partial charge in [-0.15, -0.1) is 0 Å². The molecule has 0 fully saturated rings. The lowest BCUT2D eigenvalue weighted by Gasteiger charge is -2.08. The maximum atomic E-state index is 13.5. The molecule has 0 saturated carbocycles. The third-order valence-corrected chi connectivity index (χ3v) is 3.51. The number of halogens is 1. The molecule has 1 aromatic carbocycles. The van der Waals surface area contributed by atoms with E-state index >= 15 is 0 Å². The summed E-state index contributed by atoms with van der Waals surface area (Å²) in [5.41, 5.74) is 1.10. The summed E-state index contributed by atoms with van der Waals surface area (Å²) in [6.07, 6.45) is 4.74. The Morgan fingerprint density at radius 1 is 1.17 bits per heavy atom. The van der Waals surface area contributed by atoms with Crippen molar-refractivity contribution >= 4 is 11.7 Å². The van der Waals surface area contributed by atoms with Gasteiger partial charge in [-0.1, -0.05) is 38.0 Å². The highest BCUT2D eigenvalue weighted by Gasteiger charge is 2.06. The van der Waals surface area contributed by atoms with Crippen LogP contribution in [0.4, 0.5) is 10.2 Å². The smallest absolute Gasteiger partial charge is 0.252 e. The molecule has 0 saturated heterocycles. The second-order valence-corrected chi connectivity index (χ2v) is 5.34.